The summed E-state index contributed by atoms with van der Waals surface area (Å²) in [7, 11) is 0. The fraction of sp³-hybridized carbons (Fsp3) is 0.200. The van der Waals surface area contributed by atoms with Gasteiger partial charge in [0, 0.05) is 17.4 Å². The number of hydrogen-bond donors (Lipinski definition) is 1. The summed E-state index contributed by atoms with van der Waals surface area (Å²) in [5.74, 6) is 0. The number of carbonyl (C=O) groups is 1. The zero-order valence-electron chi connectivity index (χ0n) is 13.8. The molecule has 0 radical (unpaired) electrons. The van der Waals surface area contributed by atoms with Crippen molar-refractivity contribution in [3.8, 4) is 11.1 Å². The molecule has 24 heavy (non-hydrogen) atoms. The van der Waals surface area contributed by atoms with E-state index >= 15 is 0 Å². The predicted molar refractivity (Wildman–Crippen MR) is 97.1 cm³/mol. The first-order valence-electron chi connectivity index (χ1n) is 8.26. The first-order valence-corrected chi connectivity index (χ1v) is 8.26. The number of unbranched alkanes of at least 4 members (excludes halogenated alkanes) is 1. The summed E-state index contributed by atoms with van der Waals surface area (Å²) in [5.41, 5.74) is 4.02. The molecule has 0 fully saturated rings. The summed E-state index contributed by atoms with van der Waals surface area (Å²) in [6.45, 7) is 2.18. The highest BCUT2D eigenvalue weighted by Gasteiger charge is 2.08. The van der Waals surface area contributed by atoms with E-state index in [4.69, 9.17) is 0 Å². The van der Waals surface area contributed by atoms with Crippen LogP contribution in [-0.4, -0.2) is 15.8 Å². The largest absolute Gasteiger partial charge is 0.346 e. The Morgan fingerprint density at radius 3 is 2.50 bits per heavy atom. The van der Waals surface area contributed by atoms with Gasteiger partial charge in [-0.2, -0.15) is 9.78 Å². The number of rotatable bonds is 5. The number of benzene rings is 2. The molecule has 3 aromatic rings. The monoisotopic (exact) mass is 319 g/mol. The minimum atomic E-state index is -0.265. The third-order valence-corrected chi connectivity index (χ3v) is 3.92. The average molecular weight is 319 g/mol. The lowest BCUT2D eigenvalue weighted by Crippen LogP contribution is -2.19. The lowest BCUT2D eigenvalue weighted by atomic mass is 10.1. The van der Waals surface area contributed by atoms with E-state index in [-0.39, 0.29) is 6.03 Å². The Morgan fingerprint density at radius 2 is 1.79 bits per heavy atom. The van der Waals surface area contributed by atoms with Crippen molar-refractivity contribution >= 4 is 11.7 Å². The van der Waals surface area contributed by atoms with Crippen LogP contribution in [0.25, 0.3) is 11.1 Å². The third kappa shape index (κ3) is 3.90. The van der Waals surface area contributed by atoms with Gasteiger partial charge < -0.3 is 5.32 Å². The topological polar surface area (TPSA) is 46.9 Å². The third-order valence-electron chi connectivity index (χ3n) is 3.92. The van der Waals surface area contributed by atoms with Crippen LogP contribution < -0.4 is 5.32 Å². The first kappa shape index (κ1) is 16.0. The molecule has 1 amide bonds. The van der Waals surface area contributed by atoms with E-state index in [1.165, 1.54) is 23.1 Å². The van der Waals surface area contributed by atoms with Crippen LogP contribution in [0.3, 0.4) is 0 Å². The lowest BCUT2D eigenvalue weighted by molar-refractivity contribution is 0.251. The smallest absolute Gasteiger partial charge is 0.306 e. The van der Waals surface area contributed by atoms with E-state index in [1.807, 2.05) is 42.5 Å². The van der Waals surface area contributed by atoms with Crippen LogP contribution in [-0.2, 0) is 6.42 Å². The van der Waals surface area contributed by atoms with E-state index in [9.17, 15) is 4.79 Å². The van der Waals surface area contributed by atoms with Crippen molar-refractivity contribution in [2.24, 2.45) is 0 Å². The Bertz CT molecular complexity index is 791. The van der Waals surface area contributed by atoms with E-state index in [2.05, 4.69) is 29.5 Å². The van der Waals surface area contributed by atoms with E-state index in [0.29, 0.717) is 0 Å². The Labute approximate surface area is 142 Å². The zero-order valence-corrected chi connectivity index (χ0v) is 13.8. The molecule has 0 spiro atoms. The number of aryl methyl sites for hydroxylation is 1. The SMILES string of the molecule is CCCCc1ccc(NC(=O)n2cc(-c3ccccc3)cn2)cc1. The molecule has 1 aromatic heterocycles. The molecule has 1 heterocycles. The van der Waals surface area contributed by atoms with Gasteiger partial charge in [0.25, 0.3) is 0 Å². The van der Waals surface area contributed by atoms with Gasteiger partial charge in [-0.3, -0.25) is 0 Å². The molecular weight excluding hydrogens is 298 g/mol. The molecule has 0 unspecified atom stereocenters. The van der Waals surface area contributed by atoms with Crippen LogP contribution in [0.5, 0.6) is 0 Å². The van der Waals surface area contributed by atoms with Crippen molar-refractivity contribution in [2.45, 2.75) is 26.2 Å². The maximum atomic E-state index is 12.3. The van der Waals surface area contributed by atoms with Gasteiger partial charge in [-0.05, 0) is 36.1 Å². The second-order valence-corrected chi connectivity index (χ2v) is 5.77. The van der Waals surface area contributed by atoms with Gasteiger partial charge in [-0.15, -0.1) is 0 Å². The van der Waals surface area contributed by atoms with Crippen LogP contribution in [0.1, 0.15) is 25.3 Å². The first-order chi connectivity index (χ1) is 11.8. The Morgan fingerprint density at radius 1 is 1.04 bits per heavy atom. The number of nitrogens with one attached hydrogen (secondary N) is 1. The summed E-state index contributed by atoms with van der Waals surface area (Å²) in [5, 5.41) is 7.02. The van der Waals surface area contributed by atoms with Gasteiger partial charge in [0.2, 0.25) is 0 Å². The normalized spacial score (nSPS) is 10.5. The van der Waals surface area contributed by atoms with E-state index in [0.717, 1.165) is 23.2 Å². The Hall–Kier alpha value is -2.88. The highest BCUT2D eigenvalue weighted by atomic mass is 16.2. The number of amides is 1. The van der Waals surface area contributed by atoms with Crippen LogP contribution in [0.15, 0.2) is 67.0 Å². The molecule has 2 aromatic carbocycles. The van der Waals surface area contributed by atoms with E-state index < -0.39 is 0 Å². The molecule has 1 N–H and O–H groups in total. The van der Waals surface area contributed by atoms with Gasteiger partial charge in [0.15, 0.2) is 0 Å². The molecular formula is C20H21N3O. The molecule has 0 aliphatic rings. The molecule has 3 rings (SSSR count). The molecule has 0 aliphatic heterocycles. The fourth-order valence-electron chi connectivity index (χ4n) is 2.53. The van der Waals surface area contributed by atoms with Crippen LogP contribution >= 0.6 is 0 Å². The quantitative estimate of drug-likeness (QED) is 0.721. The molecule has 4 nitrogen and oxygen atoms in total. The number of carbonyl (C=O) groups excluding carboxylic acids is 1. The zero-order chi connectivity index (χ0) is 16.8. The summed E-state index contributed by atoms with van der Waals surface area (Å²) in [6, 6.07) is 17.6. The summed E-state index contributed by atoms with van der Waals surface area (Å²) in [4.78, 5) is 12.3. The van der Waals surface area contributed by atoms with Crippen LogP contribution in [0, 0.1) is 0 Å². The number of nitrogens with zero attached hydrogens (tertiary/aromatic N) is 2. The molecule has 0 aliphatic carbocycles. The average Bonchev–Trinajstić information content (AvgIpc) is 3.12. The Balaban J connectivity index is 1.66. The van der Waals surface area contributed by atoms with Gasteiger partial charge in [0.1, 0.15) is 0 Å². The van der Waals surface area contributed by atoms with Gasteiger partial charge in [0.05, 0.1) is 6.20 Å². The number of hydrogen-bond acceptors (Lipinski definition) is 2. The number of anilines is 1. The van der Waals surface area contributed by atoms with Crippen molar-refractivity contribution in [1.82, 2.24) is 9.78 Å². The van der Waals surface area contributed by atoms with Crippen molar-refractivity contribution in [3.05, 3.63) is 72.6 Å². The number of aromatic nitrogens is 2. The maximum Gasteiger partial charge on any atom is 0.346 e. The highest BCUT2D eigenvalue weighted by Crippen LogP contribution is 2.18. The van der Waals surface area contributed by atoms with Crippen molar-refractivity contribution in [1.29, 1.82) is 0 Å². The molecule has 4 heteroatoms. The maximum absolute atomic E-state index is 12.3. The van der Waals surface area contributed by atoms with Crippen molar-refractivity contribution in [2.75, 3.05) is 5.32 Å². The van der Waals surface area contributed by atoms with Gasteiger partial charge in [-0.25, -0.2) is 4.79 Å². The molecule has 0 bridgehead atoms. The second-order valence-electron chi connectivity index (χ2n) is 5.77. The van der Waals surface area contributed by atoms with Gasteiger partial charge >= 0.3 is 6.03 Å². The van der Waals surface area contributed by atoms with Crippen molar-refractivity contribution in [3.63, 3.8) is 0 Å². The fourth-order valence-corrected chi connectivity index (χ4v) is 2.53. The van der Waals surface area contributed by atoms with Crippen LogP contribution in [0.4, 0.5) is 10.5 Å². The summed E-state index contributed by atoms with van der Waals surface area (Å²) in [6.07, 6.45) is 6.87. The van der Waals surface area contributed by atoms with Crippen molar-refractivity contribution < 1.29 is 4.79 Å². The predicted octanol–water partition coefficient (Wildman–Crippen LogP) is 4.97. The molecule has 122 valence electrons. The minimum Gasteiger partial charge on any atom is -0.306 e. The second kappa shape index (κ2) is 7.59. The molecule has 0 saturated carbocycles. The summed E-state index contributed by atoms with van der Waals surface area (Å²) < 4.78 is 1.33. The van der Waals surface area contributed by atoms with Gasteiger partial charge in [-0.1, -0.05) is 55.8 Å². The standard InChI is InChI=1S/C20H21N3O/c1-2-3-7-16-10-12-19(13-11-16)22-20(24)23-15-18(14-21-23)17-8-5-4-6-9-17/h4-6,8-15H,2-3,7H2,1H3,(H,22,24). The van der Waals surface area contributed by atoms with E-state index in [1.54, 1.807) is 12.4 Å². The highest BCUT2D eigenvalue weighted by molar-refractivity contribution is 5.90. The molecule has 0 saturated heterocycles. The molecule has 0 atom stereocenters. The lowest BCUT2D eigenvalue weighted by Gasteiger charge is -2.06. The van der Waals surface area contributed by atoms with Crippen LogP contribution in [0.2, 0.25) is 0 Å². The summed E-state index contributed by atoms with van der Waals surface area (Å²) >= 11 is 0. The Kier molecular flexibility index (Phi) is 5.06. The minimum absolute atomic E-state index is 0.265.